The molecule has 1 saturated heterocycles. The molecule has 0 radical (unpaired) electrons. The average molecular weight is 263 g/mol. The molecule has 2 N–H and O–H groups in total. The van der Waals surface area contributed by atoms with Crippen molar-refractivity contribution in [2.45, 2.75) is 19.4 Å². The smallest absolute Gasteiger partial charge is 0.311 e. The summed E-state index contributed by atoms with van der Waals surface area (Å²) in [6, 6.07) is 9.33. The second-order valence-corrected chi connectivity index (χ2v) is 4.84. The Labute approximate surface area is 111 Å². The number of carboxylic acids is 1. The zero-order valence-electron chi connectivity index (χ0n) is 10.6. The van der Waals surface area contributed by atoms with Gasteiger partial charge in [-0.05, 0) is 18.5 Å². The van der Waals surface area contributed by atoms with Gasteiger partial charge in [0.05, 0.1) is 11.8 Å². The molecule has 0 aliphatic carbocycles. The Balaban J connectivity index is 1.88. The van der Waals surface area contributed by atoms with Crippen LogP contribution in [0.25, 0.3) is 0 Å². The van der Waals surface area contributed by atoms with Crippen molar-refractivity contribution in [3.8, 4) is 0 Å². The van der Waals surface area contributed by atoms with Gasteiger partial charge in [0.2, 0.25) is 0 Å². The summed E-state index contributed by atoms with van der Waals surface area (Å²) in [5.74, 6) is -1.40. The number of esters is 1. The van der Waals surface area contributed by atoms with E-state index in [0.29, 0.717) is 19.5 Å². The fourth-order valence-corrected chi connectivity index (χ4v) is 2.22. The first-order chi connectivity index (χ1) is 9.12. The molecule has 1 aromatic carbocycles. The van der Waals surface area contributed by atoms with Crippen LogP contribution in [0.3, 0.4) is 0 Å². The molecule has 1 aliphatic rings. The Hall–Kier alpha value is -1.88. The van der Waals surface area contributed by atoms with Crippen molar-refractivity contribution < 1.29 is 19.4 Å². The minimum Gasteiger partial charge on any atom is -0.481 e. The number of hydrogen-bond donors (Lipinski definition) is 2. The normalized spacial score (nSPS) is 22.1. The molecule has 1 fully saturated rings. The van der Waals surface area contributed by atoms with Crippen LogP contribution in [0.2, 0.25) is 0 Å². The number of aliphatic carboxylic acids is 1. The topological polar surface area (TPSA) is 75.6 Å². The van der Waals surface area contributed by atoms with Crippen LogP contribution in [-0.2, 0) is 20.9 Å². The number of ether oxygens (including phenoxy) is 1. The third kappa shape index (κ3) is 3.32. The minimum absolute atomic E-state index is 0.0812. The van der Waals surface area contributed by atoms with E-state index in [2.05, 4.69) is 5.32 Å². The van der Waals surface area contributed by atoms with Gasteiger partial charge >= 0.3 is 11.9 Å². The van der Waals surface area contributed by atoms with Gasteiger partial charge in [0.25, 0.3) is 0 Å². The number of carbonyl (C=O) groups excluding carboxylic acids is 1. The number of hydrogen-bond acceptors (Lipinski definition) is 4. The highest BCUT2D eigenvalue weighted by Gasteiger charge is 2.43. The molecule has 1 aliphatic heterocycles. The van der Waals surface area contributed by atoms with Gasteiger partial charge in [-0.25, -0.2) is 0 Å². The molecular formula is C14H17NO4. The molecular weight excluding hydrogens is 246 g/mol. The third-order valence-corrected chi connectivity index (χ3v) is 3.42. The predicted molar refractivity (Wildman–Crippen MR) is 68.4 cm³/mol. The SMILES string of the molecule is O=C(C[C@@]1(C(=O)O)CCNC1)OCc1ccccc1. The maximum absolute atomic E-state index is 11.8. The molecule has 0 aromatic heterocycles. The molecule has 102 valence electrons. The zero-order chi connectivity index (χ0) is 13.7. The number of carboxylic acid groups (broad SMARTS) is 1. The van der Waals surface area contributed by atoms with Crippen molar-refractivity contribution in [1.29, 1.82) is 0 Å². The minimum atomic E-state index is -1.01. The number of carbonyl (C=O) groups is 2. The first-order valence-corrected chi connectivity index (χ1v) is 6.26. The van der Waals surface area contributed by atoms with E-state index in [1.807, 2.05) is 30.3 Å². The van der Waals surface area contributed by atoms with Gasteiger partial charge < -0.3 is 15.2 Å². The van der Waals surface area contributed by atoms with Crippen molar-refractivity contribution in [2.24, 2.45) is 5.41 Å². The maximum atomic E-state index is 11.8. The second kappa shape index (κ2) is 5.84. The summed E-state index contributed by atoms with van der Waals surface area (Å²) < 4.78 is 5.14. The van der Waals surface area contributed by atoms with Crippen molar-refractivity contribution in [1.82, 2.24) is 5.32 Å². The molecule has 0 bridgehead atoms. The number of nitrogens with one attached hydrogen (secondary N) is 1. The highest BCUT2D eigenvalue weighted by atomic mass is 16.5. The van der Waals surface area contributed by atoms with E-state index in [0.717, 1.165) is 5.56 Å². The van der Waals surface area contributed by atoms with Crippen LogP contribution in [0, 0.1) is 5.41 Å². The van der Waals surface area contributed by atoms with E-state index >= 15 is 0 Å². The number of rotatable bonds is 5. The summed E-state index contributed by atoms with van der Waals surface area (Å²) in [6.45, 7) is 1.13. The summed E-state index contributed by atoms with van der Waals surface area (Å²) in [6.07, 6.45) is 0.380. The number of benzene rings is 1. The molecule has 0 spiro atoms. The molecule has 5 nitrogen and oxygen atoms in total. The van der Waals surface area contributed by atoms with Crippen LogP contribution in [0.5, 0.6) is 0 Å². The van der Waals surface area contributed by atoms with Gasteiger partial charge in [0.1, 0.15) is 6.61 Å². The van der Waals surface area contributed by atoms with Crippen LogP contribution in [0.15, 0.2) is 30.3 Å². The van der Waals surface area contributed by atoms with Gasteiger partial charge in [-0.2, -0.15) is 0 Å². The first-order valence-electron chi connectivity index (χ1n) is 6.26. The summed E-state index contributed by atoms with van der Waals surface area (Å²) in [5.41, 5.74) is -0.113. The quantitative estimate of drug-likeness (QED) is 0.780. The molecule has 1 aromatic rings. The molecule has 0 unspecified atom stereocenters. The van der Waals surface area contributed by atoms with Crippen LogP contribution in [0.1, 0.15) is 18.4 Å². The monoisotopic (exact) mass is 263 g/mol. The highest BCUT2D eigenvalue weighted by Crippen LogP contribution is 2.30. The van der Waals surface area contributed by atoms with Crippen LogP contribution >= 0.6 is 0 Å². The fourth-order valence-electron chi connectivity index (χ4n) is 2.22. The van der Waals surface area contributed by atoms with Gasteiger partial charge in [0.15, 0.2) is 0 Å². The van der Waals surface area contributed by atoms with E-state index in [1.165, 1.54) is 0 Å². The molecule has 1 heterocycles. The Morgan fingerprint density at radius 1 is 1.32 bits per heavy atom. The first kappa shape index (κ1) is 13.5. The van der Waals surface area contributed by atoms with Crippen LogP contribution < -0.4 is 5.32 Å². The lowest BCUT2D eigenvalue weighted by atomic mass is 9.84. The van der Waals surface area contributed by atoms with Crippen LogP contribution in [0.4, 0.5) is 0 Å². The molecule has 19 heavy (non-hydrogen) atoms. The van der Waals surface area contributed by atoms with Gasteiger partial charge in [-0.15, -0.1) is 0 Å². The van der Waals surface area contributed by atoms with Crippen molar-refractivity contribution >= 4 is 11.9 Å². The van der Waals surface area contributed by atoms with Crippen LogP contribution in [-0.4, -0.2) is 30.1 Å². The van der Waals surface area contributed by atoms with E-state index in [1.54, 1.807) is 0 Å². The van der Waals surface area contributed by atoms with E-state index in [-0.39, 0.29) is 13.0 Å². The summed E-state index contributed by atoms with van der Waals surface area (Å²) in [4.78, 5) is 23.1. The molecule has 2 rings (SSSR count). The zero-order valence-corrected chi connectivity index (χ0v) is 10.6. The lowest BCUT2D eigenvalue weighted by molar-refractivity contribution is -0.157. The Morgan fingerprint density at radius 3 is 2.63 bits per heavy atom. The molecule has 0 saturated carbocycles. The Bertz CT molecular complexity index is 452. The van der Waals surface area contributed by atoms with Gasteiger partial charge in [-0.1, -0.05) is 30.3 Å². The molecule has 1 atom stereocenters. The Kier molecular flexibility index (Phi) is 4.16. The predicted octanol–water partition coefficient (Wildman–Crippen LogP) is 1.18. The fraction of sp³-hybridized carbons (Fsp3) is 0.429. The molecule has 0 amide bonds. The summed E-state index contributed by atoms with van der Waals surface area (Å²) >= 11 is 0. The standard InChI is InChI=1S/C14H17NO4/c16-12(19-9-11-4-2-1-3-5-11)8-14(13(17)18)6-7-15-10-14/h1-5,15H,6-10H2,(H,17,18)/t14-/m0/s1. The largest absolute Gasteiger partial charge is 0.481 e. The van der Waals surface area contributed by atoms with Gasteiger partial charge in [0, 0.05) is 6.54 Å². The van der Waals surface area contributed by atoms with Crippen molar-refractivity contribution in [2.75, 3.05) is 13.1 Å². The third-order valence-electron chi connectivity index (χ3n) is 3.42. The van der Waals surface area contributed by atoms with E-state index in [4.69, 9.17) is 4.74 Å². The summed E-state index contributed by atoms with van der Waals surface area (Å²) in [7, 11) is 0. The lowest BCUT2D eigenvalue weighted by Crippen LogP contribution is -2.36. The molecule has 5 heteroatoms. The Morgan fingerprint density at radius 2 is 2.05 bits per heavy atom. The van der Waals surface area contributed by atoms with E-state index < -0.39 is 17.4 Å². The van der Waals surface area contributed by atoms with E-state index in [9.17, 15) is 14.7 Å². The highest BCUT2D eigenvalue weighted by molar-refractivity contribution is 5.82. The summed E-state index contributed by atoms with van der Waals surface area (Å²) in [5, 5.41) is 12.2. The van der Waals surface area contributed by atoms with Crippen molar-refractivity contribution in [3.05, 3.63) is 35.9 Å². The van der Waals surface area contributed by atoms with Crippen molar-refractivity contribution in [3.63, 3.8) is 0 Å². The second-order valence-electron chi connectivity index (χ2n) is 4.84. The maximum Gasteiger partial charge on any atom is 0.311 e. The van der Waals surface area contributed by atoms with Gasteiger partial charge in [-0.3, -0.25) is 9.59 Å². The lowest BCUT2D eigenvalue weighted by Gasteiger charge is -2.21. The average Bonchev–Trinajstić information content (AvgIpc) is 2.87.